The molecule has 4 rings (SSSR count). The summed E-state index contributed by atoms with van der Waals surface area (Å²) in [4.78, 5) is 11.7. The molecule has 2 aromatic carbocycles. The van der Waals surface area contributed by atoms with Crippen molar-refractivity contribution in [2.45, 2.75) is 10.9 Å². The maximum Gasteiger partial charge on any atom is 0.154 e. The fraction of sp³-hybridized carbons (Fsp3) is 0.0833. The Morgan fingerprint density at radius 3 is 1.93 bits per heavy atom. The Balaban J connectivity index is 1.94. The fourth-order valence-electron chi connectivity index (χ4n) is 3.41. The summed E-state index contributed by atoms with van der Waals surface area (Å²) in [5.41, 5.74) is 4.09. The molecule has 0 N–H and O–H groups in total. The third kappa shape index (κ3) is 4.31. The Hall–Kier alpha value is -3.15. The lowest BCUT2D eigenvalue weighted by molar-refractivity contribution is 0.601. The summed E-state index contributed by atoms with van der Waals surface area (Å²) in [5, 5.41) is 0. The number of benzene rings is 2. The van der Waals surface area contributed by atoms with Crippen molar-refractivity contribution in [1.29, 1.82) is 0 Å². The van der Waals surface area contributed by atoms with E-state index >= 15 is 0 Å². The number of rotatable bonds is 6. The van der Waals surface area contributed by atoms with Crippen molar-refractivity contribution in [2.75, 3.05) is 11.2 Å². The number of pyridine rings is 2. The normalized spacial score (nSPS) is 12.0. The number of hydrogen-bond donors (Lipinski definition) is 0. The van der Waals surface area contributed by atoms with Gasteiger partial charge in [-0.25, -0.2) is 0 Å². The highest BCUT2D eigenvalue weighted by Crippen LogP contribution is 2.39. The van der Waals surface area contributed by atoms with Crippen LogP contribution in [0, 0.1) is 0 Å². The zero-order chi connectivity index (χ0) is 20.1. The predicted molar refractivity (Wildman–Crippen MR) is 118 cm³/mol. The summed E-state index contributed by atoms with van der Waals surface area (Å²) >= 11 is -1.07. The molecule has 5 heteroatoms. The van der Waals surface area contributed by atoms with E-state index in [0.717, 1.165) is 27.4 Å². The standard InChI is InChI=1S/C24H21N3OS/c1-29(28)23-13-5-12-22(16-23)27(21-10-3-2-4-11-21)24(19-8-6-14-25-17-19)20-9-7-15-26-18-20/h2-18,24H,1H3. The van der Waals surface area contributed by atoms with Crippen LogP contribution in [0.25, 0.3) is 0 Å². The second-order valence-corrected chi connectivity index (χ2v) is 8.01. The molecule has 0 fully saturated rings. The maximum absolute atomic E-state index is 12.1. The molecule has 0 saturated heterocycles. The molecule has 2 aromatic heterocycles. The van der Waals surface area contributed by atoms with Gasteiger partial charge in [-0.1, -0.05) is 36.4 Å². The van der Waals surface area contributed by atoms with E-state index < -0.39 is 11.2 Å². The van der Waals surface area contributed by atoms with Crippen LogP contribution in [-0.2, 0) is 11.2 Å². The monoisotopic (exact) mass is 399 g/mol. The molecular weight excluding hydrogens is 378 g/mol. The van der Waals surface area contributed by atoms with Gasteiger partial charge in [0.25, 0.3) is 0 Å². The van der Waals surface area contributed by atoms with Gasteiger partial charge in [-0.05, 0) is 58.7 Å². The van der Waals surface area contributed by atoms with Crippen molar-refractivity contribution in [3.8, 4) is 0 Å². The van der Waals surface area contributed by atoms with Gasteiger partial charge >= 0.3 is 0 Å². The maximum atomic E-state index is 12.1. The summed E-state index contributed by atoms with van der Waals surface area (Å²) in [7, 11) is 0. The molecule has 1 atom stereocenters. The molecule has 0 aliphatic heterocycles. The van der Waals surface area contributed by atoms with Gasteiger partial charge in [0.2, 0.25) is 0 Å². The van der Waals surface area contributed by atoms with E-state index in [9.17, 15) is 4.55 Å². The highest BCUT2D eigenvalue weighted by Gasteiger charge is 2.25. The van der Waals surface area contributed by atoms with Gasteiger partial charge in [0.05, 0.1) is 6.04 Å². The van der Waals surface area contributed by atoms with E-state index in [1.165, 1.54) is 0 Å². The molecular formula is C24H21N3OS. The van der Waals surface area contributed by atoms with Crippen LogP contribution < -0.4 is 4.90 Å². The molecule has 4 aromatic rings. The minimum atomic E-state index is -1.07. The van der Waals surface area contributed by atoms with Crippen LogP contribution in [0.1, 0.15) is 17.2 Å². The summed E-state index contributed by atoms with van der Waals surface area (Å²) < 4.78 is 12.1. The Bertz CT molecular complexity index is 1000. The Labute approximate surface area is 174 Å². The highest BCUT2D eigenvalue weighted by atomic mass is 32.2. The molecule has 4 nitrogen and oxygen atoms in total. The van der Waals surface area contributed by atoms with Gasteiger partial charge in [0.15, 0.2) is 4.90 Å². The first-order valence-corrected chi connectivity index (χ1v) is 10.9. The highest BCUT2D eigenvalue weighted by molar-refractivity contribution is 7.90. The van der Waals surface area contributed by atoms with E-state index in [1.807, 2.05) is 67.0 Å². The SMILES string of the molecule is C[S+]([O-])c1cccc(N(c2ccccc2)C(c2cccnc2)c2cccnc2)c1. The van der Waals surface area contributed by atoms with E-state index in [4.69, 9.17) is 0 Å². The number of para-hydroxylation sites is 1. The lowest BCUT2D eigenvalue weighted by Gasteiger charge is -2.34. The third-order valence-electron chi connectivity index (χ3n) is 4.72. The van der Waals surface area contributed by atoms with Crippen molar-refractivity contribution in [1.82, 2.24) is 9.97 Å². The van der Waals surface area contributed by atoms with Crippen molar-refractivity contribution in [3.63, 3.8) is 0 Å². The molecule has 0 aliphatic carbocycles. The van der Waals surface area contributed by atoms with Crippen LogP contribution in [0.2, 0.25) is 0 Å². The predicted octanol–water partition coefficient (Wildman–Crippen LogP) is 5.14. The summed E-state index contributed by atoms with van der Waals surface area (Å²) in [6.07, 6.45) is 9.02. The molecule has 2 heterocycles. The molecule has 0 aliphatic rings. The second kappa shape index (κ2) is 8.90. The van der Waals surface area contributed by atoms with Crippen molar-refractivity contribution < 1.29 is 4.55 Å². The Kier molecular flexibility index (Phi) is 5.89. The van der Waals surface area contributed by atoms with Gasteiger partial charge in [-0.15, -0.1) is 0 Å². The van der Waals surface area contributed by atoms with Crippen LogP contribution in [-0.4, -0.2) is 20.8 Å². The van der Waals surface area contributed by atoms with E-state index in [1.54, 1.807) is 18.6 Å². The molecule has 144 valence electrons. The summed E-state index contributed by atoms with van der Waals surface area (Å²) in [6.45, 7) is 0. The van der Waals surface area contributed by atoms with E-state index in [-0.39, 0.29) is 6.04 Å². The molecule has 1 unspecified atom stereocenters. The average Bonchev–Trinajstić information content (AvgIpc) is 2.79. The van der Waals surface area contributed by atoms with E-state index in [2.05, 4.69) is 39.1 Å². The van der Waals surface area contributed by atoms with Crippen LogP contribution in [0.3, 0.4) is 0 Å². The molecule has 0 spiro atoms. The zero-order valence-electron chi connectivity index (χ0n) is 16.1. The Morgan fingerprint density at radius 1 is 0.759 bits per heavy atom. The van der Waals surface area contributed by atoms with Gasteiger partial charge in [0.1, 0.15) is 6.26 Å². The molecule has 29 heavy (non-hydrogen) atoms. The number of hydrogen-bond acceptors (Lipinski definition) is 4. The lowest BCUT2D eigenvalue weighted by atomic mass is 9.98. The molecule has 0 bridgehead atoms. The molecule has 0 radical (unpaired) electrons. The van der Waals surface area contributed by atoms with E-state index in [0.29, 0.717) is 0 Å². The minimum absolute atomic E-state index is 0.139. The topological polar surface area (TPSA) is 52.1 Å². The largest absolute Gasteiger partial charge is 0.612 e. The van der Waals surface area contributed by atoms with Crippen LogP contribution in [0.5, 0.6) is 0 Å². The van der Waals surface area contributed by atoms with Gasteiger partial charge in [0, 0.05) is 42.2 Å². The first kappa shape index (κ1) is 19.2. The minimum Gasteiger partial charge on any atom is -0.612 e. The first-order chi connectivity index (χ1) is 14.2. The zero-order valence-corrected chi connectivity index (χ0v) is 16.9. The molecule has 0 saturated carbocycles. The smallest absolute Gasteiger partial charge is 0.154 e. The molecule has 0 amide bonds. The summed E-state index contributed by atoms with van der Waals surface area (Å²) in [6, 6.07) is 26.0. The van der Waals surface area contributed by atoms with Crippen LogP contribution in [0.15, 0.2) is 109 Å². The lowest BCUT2D eigenvalue weighted by Crippen LogP contribution is -2.25. The average molecular weight is 400 g/mol. The van der Waals surface area contributed by atoms with Gasteiger partial charge in [-0.2, -0.15) is 0 Å². The van der Waals surface area contributed by atoms with Crippen molar-refractivity contribution in [3.05, 3.63) is 115 Å². The van der Waals surface area contributed by atoms with Gasteiger partial charge in [-0.3, -0.25) is 9.97 Å². The quantitative estimate of drug-likeness (QED) is 0.421. The van der Waals surface area contributed by atoms with Crippen LogP contribution in [0.4, 0.5) is 11.4 Å². The number of aromatic nitrogens is 2. The first-order valence-electron chi connectivity index (χ1n) is 9.31. The van der Waals surface area contributed by atoms with Gasteiger partial charge < -0.3 is 9.45 Å². The van der Waals surface area contributed by atoms with Crippen molar-refractivity contribution >= 4 is 22.6 Å². The second-order valence-electron chi connectivity index (χ2n) is 6.63. The van der Waals surface area contributed by atoms with Crippen LogP contribution >= 0.6 is 0 Å². The van der Waals surface area contributed by atoms with Crippen molar-refractivity contribution in [2.24, 2.45) is 0 Å². The summed E-state index contributed by atoms with van der Waals surface area (Å²) in [5.74, 6) is 0. The number of anilines is 2. The Morgan fingerprint density at radius 2 is 1.38 bits per heavy atom. The fourth-order valence-corrected chi connectivity index (χ4v) is 3.97. The number of nitrogens with zero attached hydrogens (tertiary/aromatic N) is 3. The third-order valence-corrected chi connectivity index (χ3v) is 5.64.